The molecule has 0 fully saturated rings. The second kappa shape index (κ2) is 2.73. The first-order valence-corrected chi connectivity index (χ1v) is 3.79. The lowest BCUT2D eigenvalue weighted by atomic mass is 10.5. The highest BCUT2D eigenvalue weighted by Crippen LogP contribution is 2.15. The molecule has 1 N–H and O–H groups in total. The maximum absolute atomic E-state index is 8.83. The van der Waals surface area contributed by atoms with Gasteiger partial charge in [-0.1, -0.05) is 11.6 Å². The molecule has 0 aliphatic rings. The van der Waals surface area contributed by atoms with E-state index in [0.717, 1.165) is 0 Å². The Kier molecular flexibility index (Phi) is 1.71. The molecule has 2 heterocycles. The van der Waals surface area contributed by atoms with Crippen LogP contribution in [0.1, 0.15) is 5.69 Å². The van der Waals surface area contributed by atoms with Crippen molar-refractivity contribution < 1.29 is 5.11 Å². The van der Waals surface area contributed by atoms with Gasteiger partial charge < -0.3 is 5.11 Å². The molecule has 0 aliphatic carbocycles. The van der Waals surface area contributed by atoms with E-state index in [9.17, 15) is 0 Å². The molecular formula is C7H6ClN3O. The fourth-order valence-corrected chi connectivity index (χ4v) is 1.24. The van der Waals surface area contributed by atoms with Crippen LogP contribution < -0.4 is 0 Å². The maximum atomic E-state index is 8.83. The van der Waals surface area contributed by atoms with Crippen molar-refractivity contribution in [1.82, 2.24) is 14.6 Å². The second-order valence-corrected chi connectivity index (χ2v) is 2.66. The number of rotatable bonds is 1. The van der Waals surface area contributed by atoms with Crippen molar-refractivity contribution >= 4 is 17.2 Å². The minimum Gasteiger partial charge on any atom is -0.390 e. The Morgan fingerprint density at radius 3 is 3.08 bits per heavy atom. The van der Waals surface area contributed by atoms with E-state index in [2.05, 4.69) is 10.1 Å². The van der Waals surface area contributed by atoms with E-state index >= 15 is 0 Å². The summed E-state index contributed by atoms with van der Waals surface area (Å²) in [6.07, 6.45) is 1.61. The SMILES string of the molecule is OCc1nc2cccnn2c1Cl. The fourth-order valence-electron chi connectivity index (χ4n) is 1.01. The number of fused-ring (bicyclic) bond motifs is 1. The first kappa shape index (κ1) is 7.52. The highest BCUT2D eigenvalue weighted by Gasteiger charge is 2.08. The highest BCUT2D eigenvalue weighted by atomic mass is 35.5. The summed E-state index contributed by atoms with van der Waals surface area (Å²) in [7, 11) is 0. The third kappa shape index (κ3) is 0.964. The molecule has 0 bridgehead atoms. The second-order valence-electron chi connectivity index (χ2n) is 2.30. The Balaban J connectivity index is 2.78. The van der Waals surface area contributed by atoms with Gasteiger partial charge in [-0.15, -0.1) is 0 Å². The molecule has 0 saturated carbocycles. The van der Waals surface area contributed by atoms with Crippen LogP contribution >= 0.6 is 11.6 Å². The molecule has 0 saturated heterocycles. The topological polar surface area (TPSA) is 50.4 Å². The van der Waals surface area contributed by atoms with Gasteiger partial charge in [-0.05, 0) is 12.1 Å². The predicted octanol–water partition coefficient (Wildman–Crippen LogP) is 0.875. The standard InChI is InChI=1S/C7H6ClN3O/c8-7-5(4-12)10-6-2-1-3-9-11(6)7/h1-3,12H,4H2. The Hall–Kier alpha value is -1.13. The smallest absolute Gasteiger partial charge is 0.156 e. The van der Waals surface area contributed by atoms with Crippen LogP contribution in [0.25, 0.3) is 5.65 Å². The molecule has 2 aromatic heterocycles. The molecule has 0 amide bonds. The normalized spacial score (nSPS) is 10.8. The zero-order valence-corrected chi connectivity index (χ0v) is 6.86. The van der Waals surface area contributed by atoms with Gasteiger partial charge in [0.05, 0.1) is 6.61 Å². The Morgan fingerprint density at radius 2 is 2.42 bits per heavy atom. The van der Waals surface area contributed by atoms with E-state index in [1.807, 2.05) is 0 Å². The van der Waals surface area contributed by atoms with Crippen molar-refractivity contribution in [2.45, 2.75) is 6.61 Å². The van der Waals surface area contributed by atoms with Crippen LogP contribution in [-0.2, 0) is 6.61 Å². The van der Waals surface area contributed by atoms with Crippen molar-refractivity contribution in [3.63, 3.8) is 0 Å². The van der Waals surface area contributed by atoms with Crippen LogP contribution in [0.3, 0.4) is 0 Å². The maximum Gasteiger partial charge on any atom is 0.156 e. The number of hydrogen-bond acceptors (Lipinski definition) is 3. The van der Waals surface area contributed by atoms with E-state index in [-0.39, 0.29) is 6.61 Å². The van der Waals surface area contributed by atoms with Gasteiger partial charge in [0.25, 0.3) is 0 Å². The van der Waals surface area contributed by atoms with Crippen LogP contribution in [0.5, 0.6) is 0 Å². The molecule has 12 heavy (non-hydrogen) atoms. The number of hydrogen-bond donors (Lipinski definition) is 1. The van der Waals surface area contributed by atoms with Gasteiger partial charge in [0.15, 0.2) is 10.8 Å². The van der Waals surface area contributed by atoms with Crippen molar-refractivity contribution in [2.24, 2.45) is 0 Å². The van der Waals surface area contributed by atoms with E-state index in [4.69, 9.17) is 16.7 Å². The number of aliphatic hydroxyl groups is 1. The van der Waals surface area contributed by atoms with Gasteiger partial charge in [-0.3, -0.25) is 0 Å². The molecule has 2 rings (SSSR count). The molecule has 62 valence electrons. The number of halogens is 1. The highest BCUT2D eigenvalue weighted by molar-refractivity contribution is 6.30. The summed E-state index contributed by atoms with van der Waals surface area (Å²) in [6.45, 7) is -0.164. The number of nitrogens with zero attached hydrogens (tertiary/aromatic N) is 3. The third-order valence-electron chi connectivity index (χ3n) is 1.55. The summed E-state index contributed by atoms with van der Waals surface area (Å²) in [4.78, 5) is 4.05. The quantitative estimate of drug-likeness (QED) is 0.714. The van der Waals surface area contributed by atoms with Crippen LogP contribution in [0.15, 0.2) is 18.3 Å². The molecule has 0 spiro atoms. The molecule has 2 aromatic rings. The minimum atomic E-state index is -0.164. The lowest BCUT2D eigenvalue weighted by Crippen LogP contribution is -1.89. The van der Waals surface area contributed by atoms with Crippen LogP contribution in [0.2, 0.25) is 5.15 Å². The van der Waals surface area contributed by atoms with E-state index in [1.54, 1.807) is 18.3 Å². The summed E-state index contributed by atoms with van der Waals surface area (Å²) >= 11 is 5.84. The number of aromatic nitrogens is 3. The summed E-state index contributed by atoms with van der Waals surface area (Å²) in [6, 6.07) is 3.54. The molecule has 0 aliphatic heterocycles. The van der Waals surface area contributed by atoms with Crippen LogP contribution in [0.4, 0.5) is 0 Å². The van der Waals surface area contributed by atoms with Gasteiger partial charge in [0.2, 0.25) is 0 Å². The largest absolute Gasteiger partial charge is 0.390 e. The van der Waals surface area contributed by atoms with E-state index in [0.29, 0.717) is 16.5 Å². The average Bonchev–Trinajstić information content (AvgIpc) is 2.44. The minimum absolute atomic E-state index is 0.164. The summed E-state index contributed by atoms with van der Waals surface area (Å²) < 4.78 is 1.48. The van der Waals surface area contributed by atoms with Crippen molar-refractivity contribution in [2.75, 3.05) is 0 Å². The Bertz CT molecular complexity index is 412. The summed E-state index contributed by atoms with van der Waals surface area (Å²) in [5, 5.41) is 13.2. The number of aliphatic hydroxyl groups excluding tert-OH is 1. The first-order valence-electron chi connectivity index (χ1n) is 3.42. The predicted molar refractivity (Wildman–Crippen MR) is 43.9 cm³/mol. The van der Waals surface area contributed by atoms with E-state index in [1.165, 1.54) is 4.52 Å². The molecule has 0 atom stereocenters. The van der Waals surface area contributed by atoms with Gasteiger partial charge >= 0.3 is 0 Å². The van der Waals surface area contributed by atoms with Crippen LogP contribution in [0, 0.1) is 0 Å². The van der Waals surface area contributed by atoms with Crippen LogP contribution in [-0.4, -0.2) is 19.7 Å². The molecule has 0 unspecified atom stereocenters. The molecule has 0 radical (unpaired) electrons. The Morgan fingerprint density at radius 1 is 1.58 bits per heavy atom. The molecule has 5 heteroatoms. The summed E-state index contributed by atoms with van der Waals surface area (Å²) in [5.41, 5.74) is 1.10. The molecular weight excluding hydrogens is 178 g/mol. The fraction of sp³-hybridized carbons (Fsp3) is 0.143. The third-order valence-corrected chi connectivity index (χ3v) is 1.93. The van der Waals surface area contributed by atoms with Crippen molar-refractivity contribution in [3.8, 4) is 0 Å². The average molecular weight is 184 g/mol. The van der Waals surface area contributed by atoms with Gasteiger partial charge in [-0.2, -0.15) is 5.10 Å². The number of imidazole rings is 1. The lowest BCUT2D eigenvalue weighted by Gasteiger charge is -1.90. The van der Waals surface area contributed by atoms with E-state index < -0.39 is 0 Å². The Labute approximate surface area is 73.4 Å². The van der Waals surface area contributed by atoms with Gasteiger partial charge in [-0.25, -0.2) is 9.50 Å². The zero-order valence-electron chi connectivity index (χ0n) is 6.11. The zero-order chi connectivity index (χ0) is 8.55. The van der Waals surface area contributed by atoms with Crippen molar-refractivity contribution in [1.29, 1.82) is 0 Å². The summed E-state index contributed by atoms with van der Waals surface area (Å²) in [5.74, 6) is 0. The van der Waals surface area contributed by atoms with Crippen molar-refractivity contribution in [3.05, 3.63) is 29.2 Å². The monoisotopic (exact) mass is 183 g/mol. The molecule has 0 aromatic carbocycles. The van der Waals surface area contributed by atoms with Gasteiger partial charge in [0, 0.05) is 6.20 Å². The van der Waals surface area contributed by atoms with Gasteiger partial charge in [0.1, 0.15) is 5.69 Å². The first-order chi connectivity index (χ1) is 5.83. The molecule has 4 nitrogen and oxygen atoms in total. The lowest BCUT2D eigenvalue weighted by molar-refractivity contribution is 0.277.